The van der Waals surface area contributed by atoms with Crippen LogP contribution in [-0.2, 0) is 4.74 Å². The number of aromatic nitrogens is 3. The second-order valence-corrected chi connectivity index (χ2v) is 7.23. The molecule has 2 aromatic rings. The first-order chi connectivity index (χ1) is 13.3. The summed E-state index contributed by atoms with van der Waals surface area (Å²) < 4.78 is 7.52. The van der Waals surface area contributed by atoms with Crippen molar-refractivity contribution in [3.05, 3.63) is 36.9 Å². The number of rotatable bonds is 5. The second kappa shape index (κ2) is 8.49. The van der Waals surface area contributed by atoms with E-state index in [1.807, 2.05) is 24.3 Å². The molecule has 144 valence electrons. The predicted molar refractivity (Wildman–Crippen MR) is 102 cm³/mol. The number of carbonyl (C=O) groups excluding carboxylic acids is 1. The Labute approximate surface area is 158 Å². The lowest BCUT2D eigenvalue weighted by molar-refractivity contribution is 0.0633. The summed E-state index contributed by atoms with van der Waals surface area (Å²) in [5.41, 5.74) is 1.65. The topological polar surface area (TPSA) is 84.3 Å². The number of carbonyl (C=O) groups is 1. The van der Waals surface area contributed by atoms with E-state index in [9.17, 15) is 4.79 Å². The van der Waals surface area contributed by atoms with Gasteiger partial charge < -0.3 is 20.3 Å². The second-order valence-electron chi connectivity index (χ2n) is 7.23. The SMILES string of the molecule is O=C(Nc1cccc(-n2cnnc2)c1)NC1CCN(C[C@H]2CCCO2)CC1. The molecule has 3 heterocycles. The molecular formula is C19H26N6O2. The molecule has 2 aliphatic rings. The Bertz CT molecular complexity index is 736. The molecule has 1 aromatic carbocycles. The van der Waals surface area contributed by atoms with Crippen LogP contribution in [-0.4, -0.2) is 64.1 Å². The van der Waals surface area contributed by atoms with Gasteiger partial charge in [-0.1, -0.05) is 6.07 Å². The zero-order valence-corrected chi connectivity index (χ0v) is 15.4. The number of benzene rings is 1. The third-order valence-electron chi connectivity index (χ3n) is 5.23. The van der Waals surface area contributed by atoms with E-state index in [0.29, 0.717) is 6.10 Å². The summed E-state index contributed by atoms with van der Waals surface area (Å²) >= 11 is 0. The molecule has 1 atom stereocenters. The molecule has 0 unspecified atom stereocenters. The zero-order valence-electron chi connectivity index (χ0n) is 15.4. The number of nitrogens with one attached hydrogen (secondary N) is 2. The smallest absolute Gasteiger partial charge is 0.319 e. The van der Waals surface area contributed by atoms with Crippen molar-refractivity contribution in [3.63, 3.8) is 0 Å². The molecule has 8 nitrogen and oxygen atoms in total. The largest absolute Gasteiger partial charge is 0.377 e. The van der Waals surface area contributed by atoms with Crippen molar-refractivity contribution >= 4 is 11.7 Å². The number of amides is 2. The van der Waals surface area contributed by atoms with Crippen LogP contribution in [0.3, 0.4) is 0 Å². The van der Waals surface area contributed by atoms with E-state index in [4.69, 9.17) is 4.74 Å². The summed E-state index contributed by atoms with van der Waals surface area (Å²) in [6.07, 6.45) is 7.96. The van der Waals surface area contributed by atoms with Crippen LogP contribution in [0.5, 0.6) is 0 Å². The van der Waals surface area contributed by atoms with Crippen LogP contribution in [0.25, 0.3) is 5.69 Å². The number of anilines is 1. The van der Waals surface area contributed by atoms with Gasteiger partial charge in [-0.05, 0) is 43.9 Å². The summed E-state index contributed by atoms with van der Waals surface area (Å²) in [5.74, 6) is 0. The van der Waals surface area contributed by atoms with Crippen LogP contribution in [0.15, 0.2) is 36.9 Å². The van der Waals surface area contributed by atoms with Crippen molar-refractivity contribution in [1.29, 1.82) is 0 Å². The van der Waals surface area contributed by atoms with Crippen molar-refractivity contribution in [1.82, 2.24) is 25.0 Å². The molecule has 2 fully saturated rings. The minimum atomic E-state index is -0.159. The van der Waals surface area contributed by atoms with Crippen molar-refractivity contribution in [2.24, 2.45) is 0 Å². The maximum absolute atomic E-state index is 12.4. The Morgan fingerprint density at radius 1 is 1.19 bits per heavy atom. The molecule has 0 aliphatic carbocycles. The minimum Gasteiger partial charge on any atom is -0.377 e. The number of likely N-dealkylation sites (tertiary alicyclic amines) is 1. The summed E-state index contributed by atoms with van der Waals surface area (Å²) in [6, 6.07) is 7.66. The average Bonchev–Trinajstić information content (AvgIpc) is 3.37. The molecule has 2 N–H and O–H groups in total. The van der Waals surface area contributed by atoms with Gasteiger partial charge in [0, 0.05) is 38.0 Å². The number of hydrogen-bond donors (Lipinski definition) is 2. The first-order valence-corrected chi connectivity index (χ1v) is 9.63. The summed E-state index contributed by atoms with van der Waals surface area (Å²) in [5, 5.41) is 13.6. The number of nitrogens with zero attached hydrogens (tertiary/aromatic N) is 4. The third kappa shape index (κ3) is 4.84. The number of ether oxygens (including phenoxy) is 1. The molecule has 1 aromatic heterocycles. The van der Waals surface area contributed by atoms with Gasteiger partial charge in [0.05, 0.1) is 11.8 Å². The van der Waals surface area contributed by atoms with E-state index in [1.54, 1.807) is 17.2 Å². The highest BCUT2D eigenvalue weighted by atomic mass is 16.5. The highest BCUT2D eigenvalue weighted by Gasteiger charge is 2.24. The van der Waals surface area contributed by atoms with Gasteiger partial charge in [0.25, 0.3) is 0 Å². The molecule has 0 spiro atoms. The number of piperidine rings is 1. The van der Waals surface area contributed by atoms with Crippen LogP contribution in [0.4, 0.5) is 10.5 Å². The van der Waals surface area contributed by atoms with Gasteiger partial charge in [-0.2, -0.15) is 0 Å². The number of urea groups is 1. The average molecular weight is 370 g/mol. The van der Waals surface area contributed by atoms with E-state index < -0.39 is 0 Å². The summed E-state index contributed by atoms with van der Waals surface area (Å²) in [7, 11) is 0. The standard InChI is InChI=1S/C19H26N6O2/c26-19(23-16-3-1-4-17(11-16)25-13-20-21-14-25)22-15-6-8-24(9-7-15)12-18-5-2-10-27-18/h1,3-4,11,13-15,18H,2,5-10,12H2,(H2,22,23,26)/t18-/m1/s1. The molecule has 0 saturated carbocycles. The monoisotopic (exact) mass is 370 g/mol. The zero-order chi connectivity index (χ0) is 18.5. The van der Waals surface area contributed by atoms with Gasteiger partial charge in [-0.3, -0.25) is 4.57 Å². The minimum absolute atomic E-state index is 0.159. The van der Waals surface area contributed by atoms with Gasteiger partial charge in [-0.25, -0.2) is 4.79 Å². The van der Waals surface area contributed by atoms with Gasteiger partial charge in [0.1, 0.15) is 12.7 Å². The highest BCUT2D eigenvalue weighted by molar-refractivity contribution is 5.89. The quantitative estimate of drug-likeness (QED) is 0.841. The van der Waals surface area contributed by atoms with E-state index in [0.717, 1.165) is 50.5 Å². The Hall–Kier alpha value is -2.45. The summed E-state index contributed by atoms with van der Waals surface area (Å²) in [6.45, 7) is 3.94. The van der Waals surface area contributed by atoms with E-state index in [2.05, 4.69) is 25.7 Å². The fourth-order valence-electron chi connectivity index (χ4n) is 3.77. The maximum atomic E-state index is 12.4. The maximum Gasteiger partial charge on any atom is 0.319 e. The van der Waals surface area contributed by atoms with Crippen LogP contribution >= 0.6 is 0 Å². The highest BCUT2D eigenvalue weighted by Crippen LogP contribution is 2.18. The number of hydrogen-bond acceptors (Lipinski definition) is 5. The van der Waals surface area contributed by atoms with Crippen LogP contribution in [0, 0.1) is 0 Å². The van der Waals surface area contributed by atoms with Crippen LogP contribution in [0.2, 0.25) is 0 Å². The van der Waals surface area contributed by atoms with E-state index >= 15 is 0 Å². The van der Waals surface area contributed by atoms with Gasteiger partial charge in [-0.15, -0.1) is 10.2 Å². The van der Waals surface area contributed by atoms with Gasteiger partial charge >= 0.3 is 6.03 Å². The first-order valence-electron chi connectivity index (χ1n) is 9.63. The summed E-state index contributed by atoms with van der Waals surface area (Å²) in [4.78, 5) is 14.8. The van der Waals surface area contributed by atoms with Crippen LogP contribution in [0.1, 0.15) is 25.7 Å². The van der Waals surface area contributed by atoms with Crippen molar-refractivity contribution in [3.8, 4) is 5.69 Å². The Balaban J connectivity index is 1.23. The van der Waals surface area contributed by atoms with Gasteiger partial charge in [0.2, 0.25) is 0 Å². The molecule has 0 radical (unpaired) electrons. The molecule has 4 rings (SSSR count). The Morgan fingerprint density at radius 3 is 2.74 bits per heavy atom. The lowest BCUT2D eigenvalue weighted by atomic mass is 10.0. The van der Waals surface area contributed by atoms with E-state index in [1.165, 1.54) is 12.8 Å². The van der Waals surface area contributed by atoms with Crippen molar-refractivity contribution in [2.75, 3.05) is 31.6 Å². The normalized spacial score (nSPS) is 21.3. The Kier molecular flexibility index (Phi) is 5.64. The predicted octanol–water partition coefficient (Wildman–Crippen LogP) is 2.03. The van der Waals surface area contributed by atoms with Gasteiger partial charge in [0.15, 0.2) is 0 Å². The lowest BCUT2D eigenvalue weighted by Gasteiger charge is -2.33. The van der Waals surface area contributed by atoms with Crippen LogP contribution < -0.4 is 10.6 Å². The van der Waals surface area contributed by atoms with Crippen molar-refractivity contribution < 1.29 is 9.53 Å². The molecular weight excluding hydrogens is 344 g/mol. The lowest BCUT2D eigenvalue weighted by Crippen LogP contribution is -2.47. The Morgan fingerprint density at radius 2 is 2.00 bits per heavy atom. The molecule has 2 amide bonds. The van der Waals surface area contributed by atoms with Crippen molar-refractivity contribution in [2.45, 2.75) is 37.8 Å². The molecule has 27 heavy (non-hydrogen) atoms. The fraction of sp³-hybridized carbons (Fsp3) is 0.526. The first kappa shape index (κ1) is 17.9. The third-order valence-corrected chi connectivity index (χ3v) is 5.23. The fourth-order valence-corrected chi connectivity index (χ4v) is 3.77. The molecule has 8 heteroatoms. The van der Waals surface area contributed by atoms with E-state index in [-0.39, 0.29) is 12.1 Å². The molecule has 0 bridgehead atoms. The molecule has 2 saturated heterocycles. The molecule has 2 aliphatic heterocycles.